The summed E-state index contributed by atoms with van der Waals surface area (Å²) in [6, 6.07) is 5.84. The molecule has 8 heteroatoms. The molecule has 136 valence electrons. The van der Waals surface area contributed by atoms with Crippen molar-refractivity contribution >= 4 is 5.96 Å². The van der Waals surface area contributed by atoms with Crippen molar-refractivity contribution < 1.29 is 9.47 Å². The largest absolute Gasteiger partial charge is 0.493 e. The number of aryl methyl sites for hydroxylation is 1. The average Bonchev–Trinajstić information content (AvgIpc) is 3.03. The van der Waals surface area contributed by atoms with E-state index in [9.17, 15) is 0 Å². The number of benzene rings is 1. The fourth-order valence-corrected chi connectivity index (χ4v) is 2.24. The molecule has 0 atom stereocenters. The molecular formula is C17H26N6O2. The lowest BCUT2D eigenvalue weighted by molar-refractivity contribution is 0.310. The van der Waals surface area contributed by atoms with Gasteiger partial charge in [0.25, 0.3) is 0 Å². The van der Waals surface area contributed by atoms with Crippen molar-refractivity contribution in [2.24, 2.45) is 12.0 Å². The minimum absolute atomic E-state index is 0.525. The summed E-state index contributed by atoms with van der Waals surface area (Å²) in [5.74, 6) is 3.02. The Hall–Kier alpha value is -2.77. The highest BCUT2D eigenvalue weighted by Gasteiger charge is 2.06. The fraction of sp³-hybridized carbons (Fsp3) is 0.471. The van der Waals surface area contributed by atoms with Crippen LogP contribution in [0.5, 0.6) is 11.5 Å². The SMILES string of the molecule is CCNC(=NCc1ccc(OCC)c(OC)c1)NCc1ncnn1C. The van der Waals surface area contributed by atoms with Gasteiger partial charge in [0.05, 0.1) is 26.8 Å². The highest BCUT2D eigenvalue weighted by molar-refractivity contribution is 5.79. The smallest absolute Gasteiger partial charge is 0.191 e. The van der Waals surface area contributed by atoms with Crippen LogP contribution in [0.1, 0.15) is 25.2 Å². The van der Waals surface area contributed by atoms with E-state index in [-0.39, 0.29) is 0 Å². The highest BCUT2D eigenvalue weighted by atomic mass is 16.5. The van der Waals surface area contributed by atoms with Crippen molar-refractivity contribution in [2.45, 2.75) is 26.9 Å². The van der Waals surface area contributed by atoms with Gasteiger partial charge in [-0.3, -0.25) is 4.68 Å². The van der Waals surface area contributed by atoms with Crippen LogP contribution in [0, 0.1) is 0 Å². The Morgan fingerprint density at radius 2 is 2.08 bits per heavy atom. The zero-order valence-electron chi connectivity index (χ0n) is 15.2. The topological polar surface area (TPSA) is 85.6 Å². The molecule has 0 saturated heterocycles. The van der Waals surface area contributed by atoms with Gasteiger partial charge in [-0.1, -0.05) is 6.07 Å². The number of aliphatic imine (C=N–C) groups is 1. The maximum absolute atomic E-state index is 5.54. The van der Waals surface area contributed by atoms with E-state index in [0.29, 0.717) is 25.4 Å². The number of rotatable bonds is 8. The van der Waals surface area contributed by atoms with Crippen molar-refractivity contribution in [2.75, 3.05) is 20.3 Å². The standard InChI is InChI=1S/C17H26N6O2/c1-5-18-17(20-11-16-21-12-22-23(16)3)19-10-13-7-8-14(25-6-2)15(9-13)24-4/h7-9,12H,5-6,10-11H2,1-4H3,(H2,18,19,20). The molecule has 0 saturated carbocycles. The normalized spacial score (nSPS) is 11.3. The molecule has 0 unspecified atom stereocenters. The molecule has 0 amide bonds. The second-order valence-electron chi connectivity index (χ2n) is 5.27. The van der Waals surface area contributed by atoms with Gasteiger partial charge in [0.2, 0.25) is 0 Å². The lowest BCUT2D eigenvalue weighted by atomic mass is 10.2. The molecule has 0 aliphatic carbocycles. The summed E-state index contributed by atoms with van der Waals surface area (Å²) >= 11 is 0. The molecule has 0 bridgehead atoms. The van der Waals surface area contributed by atoms with E-state index in [0.717, 1.165) is 29.6 Å². The van der Waals surface area contributed by atoms with Crippen molar-refractivity contribution in [3.8, 4) is 11.5 Å². The van der Waals surface area contributed by atoms with Crippen LogP contribution in [-0.2, 0) is 20.1 Å². The van der Waals surface area contributed by atoms with Gasteiger partial charge < -0.3 is 20.1 Å². The van der Waals surface area contributed by atoms with Gasteiger partial charge in [-0.2, -0.15) is 5.10 Å². The summed E-state index contributed by atoms with van der Waals surface area (Å²) < 4.78 is 12.6. The van der Waals surface area contributed by atoms with Gasteiger partial charge in [0.1, 0.15) is 12.2 Å². The summed E-state index contributed by atoms with van der Waals surface area (Å²) in [5, 5.41) is 10.5. The summed E-state index contributed by atoms with van der Waals surface area (Å²) in [7, 11) is 3.50. The molecule has 0 aliphatic heterocycles. The third-order valence-electron chi connectivity index (χ3n) is 3.51. The number of hydrogen-bond acceptors (Lipinski definition) is 5. The first-order valence-corrected chi connectivity index (χ1v) is 8.32. The molecule has 2 aromatic rings. The second kappa shape index (κ2) is 9.51. The first kappa shape index (κ1) is 18.6. The van der Waals surface area contributed by atoms with E-state index >= 15 is 0 Å². The summed E-state index contributed by atoms with van der Waals surface area (Å²) in [5.41, 5.74) is 1.04. The molecule has 2 N–H and O–H groups in total. The molecule has 0 fully saturated rings. The van der Waals surface area contributed by atoms with Crippen molar-refractivity contribution in [1.29, 1.82) is 0 Å². The first-order valence-electron chi connectivity index (χ1n) is 8.32. The maximum Gasteiger partial charge on any atom is 0.191 e. The molecule has 1 aromatic heterocycles. The fourth-order valence-electron chi connectivity index (χ4n) is 2.24. The zero-order chi connectivity index (χ0) is 18.1. The van der Waals surface area contributed by atoms with Gasteiger partial charge in [-0.15, -0.1) is 0 Å². The second-order valence-corrected chi connectivity index (χ2v) is 5.27. The zero-order valence-corrected chi connectivity index (χ0v) is 15.2. The van der Waals surface area contributed by atoms with Crippen molar-refractivity contribution in [3.63, 3.8) is 0 Å². The maximum atomic E-state index is 5.54. The predicted molar refractivity (Wildman–Crippen MR) is 96.8 cm³/mol. The summed E-state index contributed by atoms with van der Waals surface area (Å²) in [4.78, 5) is 8.80. The number of guanidine groups is 1. The Bertz CT molecular complexity index is 698. The highest BCUT2D eigenvalue weighted by Crippen LogP contribution is 2.28. The van der Waals surface area contributed by atoms with E-state index < -0.39 is 0 Å². The van der Waals surface area contributed by atoms with Crippen LogP contribution >= 0.6 is 0 Å². The number of ether oxygens (including phenoxy) is 2. The molecular weight excluding hydrogens is 320 g/mol. The van der Waals surface area contributed by atoms with Gasteiger partial charge in [-0.05, 0) is 31.5 Å². The lowest BCUT2D eigenvalue weighted by Gasteiger charge is -2.12. The van der Waals surface area contributed by atoms with E-state index in [1.54, 1.807) is 11.8 Å². The van der Waals surface area contributed by atoms with Gasteiger partial charge >= 0.3 is 0 Å². The van der Waals surface area contributed by atoms with Crippen LogP contribution in [0.3, 0.4) is 0 Å². The Morgan fingerprint density at radius 3 is 2.72 bits per heavy atom. The van der Waals surface area contributed by atoms with Gasteiger partial charge in [-0.25, -0.2) is 9.98 Å². The van der Waals surface area contributed by atoms with Gasteiger partial charge in [0, 0.05) is 13.6 Å². The number of hydrogen-bond donors (Lipinski definition) is 2. The molecule has 2 rings (SSSR count). The summed E-state index contributed by atoms with van der Waals surface area (Å²) in [6.07, 6.45) is 1.54. The molecule has 1 heterocycles. The van der Waals surface area contributed by atoms with Crippen LogP contribution in [0.4, 0.5) is 0 Å². The number of aromatic nitrogens is 3. The van der Waals surface area contributed by atoms with Crippen molar-refractivity contribution in [1.82, 2.24) is 25.4 Å². The Morgan fingerprint density at radius 1 is 1.24 bits per heavy atom. The number of nitrogens with zero attached hydrogens (tertiary/aromatic N) is 4. The van der Waals surface area contributed by atoms with E-state index in [2.05, 4.69) is 25.7 Å². The Balaban J connectivity index is 2.03. The third kappa shape index (κ3) is 5.37. The predicted octanol–water partition coefficient (Wildman–Crippen LogP) is 1.48. The molecule has 0 spiro atoms. The lowest BCUT2D eigenvalue weighted by Crippen LogP contribution is -2.37. The molecule has 0 radical (unpaired) electrons. The summed E-state index contributed by atoms with van der Waals surface area (Å²) in [6.45, 7) is 6.43. The third-order valence-corrected chi connectivity index (χ3v) is 3.51. The molecule has 1 aromatic carbocycles. The first-order chi connectivity index (χ1) is 12.2. The Labute approximate surface area is 148 Å². The quantitative estimate of drug-likeness (QED) is 0.556. The van der Waals surface area contributed by atoms with Crippen LogP contribution in [-0.4, -0.2) is 41.0 Å². The minimum Gasteiger partial charge on any atom is -0.493 e. The number of methoxy groups -OCH3 is 1. The van der Waals surface area contributed by atoms with Crippen LogP contribution in [0.25, 0.3) is 0 Å². The molecule has 8 nitrogen and oxygen atoms in total. The average molecular weight is 346 g/mol. The van der Waals surface area contributed by atoms with Gasteiger partial charge in [0.15, 0.2) is 17.5 Å². The van der Waals surface area contributed by atoms with Crippen LogP contribution in [0.15, 0.2) is 29.5 Å². The number of nitrogens with one attached hydrogen (secondary N) is 2. The van der Waals surface area contributed by atoms with E-state index in [1.165, 1.54) is 6.33 Å². The van der Waals surface area contributed by atoms with E-state index in [1.807, 2.05) is 39.1 Å². The molecule has 25 heavy (non-hydrogen) atoms. The van der Waals surface area contributed by atoms with Crippen molar-refractivity contribution in [3.05, 3.63) is 35.9 Å². The Kier molecular flexibility index (Phi) is 7.06. The van der Waals surface area contributed by atoms with Crippen LogP contribution in [0.2, 0.25) is 0 Å². The molecule has 0 aliphatic rings. The minimum atomic E-state index is 0.525. The van der Waals surface area contributed by atoms with Crippen LogP contribution < -0.4 is 20.1 Å². The monoisotopic (exact) mass is 346 g/mol. The van der Waals surface area contributed by atoms with E-state index in [4.69, 9.17) is 9.47 Å².